The van der Waals surface area contributed by atoms with Gasteiger partial charge in [-0.05, 0) is 0 Å². The Morgan fingerprint density at radius 2 is 2.57 bits per heavy atom. The van der Waals surface area contributed by atoms with E-state index < -0.39 is 0 Å². The van der Waals surface area contributed by atoms with E-state index in [2.05, 4.69) is 9.97 Å². The zero-order valence-corrected chi connectivity index (χ0v) is 7.99. The lowest BCUT2D eigenvalue weighted by Crippen LogP contribution is -2.36. The van der Waals surface area contributed by atoms with Gasteiger partial charge >= 0.3 is 0 Å². The van der Waals surface area contributed by atoms with Crippen LogP contribution < -0.4 is 5.73 Å². The molecule has 1 amide bonds. The average Bonchev–Trinajstić information content (AvgIpc) is 2.64. The van der Waals surface area contributed by atoms with Gasteiger partial charge in [-0.2, -0.15) is 0 Å². The summed E-state index contributed by atoms with van der Waals surface area (Å²) in [5, 5.41) is 0. The molecular weight excluding hydrogens is 180 g/mol. The zero-order valence-electron chi connectivity index (χ0n) is 7.99. The van der Waals surface area contributed by atoms with Crippen molar-refractivity contribution >= 4 is 5.91 Å². The first-order valence-electron chi connectivity index (χ1n) is 4.80. The van der Waals surface area contributed by atoms with Crippen molar-refractivity contribution in [1.29, 1.82) is 0 Å². The minimum absolute atomic E-state index is 0.132. The van der Waals surface area contributed by atoms with Gasteiger partial charge in [-0.3, -0.25) is 4.79 Å². The summed E-state index contributed by atoms with van der Waals surface area (Å²) >= 11 is 0. The number of carbonyl (C=O) groups excluding carboxylic acids is 1. The maximum atomic E-state index is 11.5. The Balaban J connectivity index is 2.04. The van der Waals surface area contributed by atoms with E-state index in [4.69, 9.17) is 5.73 Å². The lowest BCUT2D eigenvalue weighted by molar-refractivity contribution is -0.131. The Hall–Kier alpha value is -1.36. The van der Waals surface area contributed by atoms with Gasteiger partial charge < -0.3 is 15.6 Å². The Labute approximate surface area is 82.3 Å². The van der Waals surface area contributed by atoms with Crippen molar-refractivity contribution in [2.24, 2.45) is 5.73 Å². The molecule has 5 heteroatoms. The quantitative estimate of drug-likeness (QED) is 0.675. The normalized spacial score (nSPS) is 15.4. The van der Waals surface area contributed by atoms with Gasteiger partial charge in [0, 0.05) is 25.9 Å². The standard InChI is InChI=1S/C9H14N4O/c10-3-1-9(14)13-4-2-7-8(5-13)12-6-11-7/h6H,1-5,10H2,(H,11,12). The van der Waals surface area contributed by atoms with Crippen LogP contribution in [0.1, 0.15) is 17.8 Å². The fourth-order valence-electron chi connectivity index (χ4n) is 1.71. The van der Waals surface area contributed by atoms with Gasteiger partial charge in [-0.15, -0.1) is 0 Å². The largest absolute Gasteiger partial charge is 0.347 e. The molecule has 3 N–H and O–H groups in total. The second-order valence-corrected chi connectivity index (χ2v) is 3.43. The van der Waals surface area contributed by atoms with Crippen LogP contribution in [0.25, 0.3) is 0 Å². The van der Waals surface area contributed by atoms with Gasteiger partial charge in [0.15, 0.2) is 0 Å². The van der Waals surface area contributed by atoms with Gasteiger partial charge in [0.25, 0.3) is 0 Å². The summed E-state index contributed by atoms with van der Waals surface area (Å²) in [5.41, 5.74) is 7.49. The van der Waals surface area contributed by atoms with Gasteiger partial charge in [0.1, 0.15) is 0 Å². The molecule has 1 aromatic heterocycles. The molecule has 0 atom stereocenters. The van der Waals surface area contributed by atoms with Gasteiger partial charge in [-0.25, -0.2) is 4.98 Å². The summed E-state index contributed by atoms with van der Waals surface area (Å²) in [6, 6.07) is 0. The SMILES string of the molecule is NCCC(=O)N1CCc2nc[nH]c2C1. The minimum Gasteiger partial charge on any atom is -0.347 e. The molecule has 2 rings (SSSR count). The monoisotopic (exact) mass is 194 g/mol. The number of hydrogen-bond acceptors (Lipinski definition) is 3. The van der Waals surface area contributed by atoms with Crippen LogP contribution in [-0.4, -0.2) is 33.9 Å². The van der Waals surface area contributed by atoms with Crippen molar-refractivity contribution in [3.63, 3.8) is 0 Å². The maximum Gasteiger partial charge on any atom is 0.224 e. The number of hydrogen-bond donors (Lipinski definition) is 2. The molecule has 0 aliphatic carbocycles. The van der Waals surface area contributed by atoms with Crippen LogP contribution in [0.4, 0.5) is 0 Å². The number of aromatic amines is 1. The van der Waals surface area contributed by atoms with E-state index in [0.29, 0.717) is 19.5 Å². The summed E-state index contributed by atoms with van der Waals surface area (Å²) in [4.78, 5) is 20.6. The highest BCUT2D eigenvalue weighted by atomic mass is 16.2. The van der Waals surface area contributed by atoms with E-state index in [1.54, 1.807) is 6.33 Å². The fraction of sp³-hybridized carbons (Fsp3) is 0.556. The average molecular weight is 194 g/mol. The molecule has 0 saturated heterocycles. The number of nitrogens with one attached hydrogen (secondary N) is 1. The number of H-pyrrole nitrogens is 1. The predicted molar refractivity (Wildman–Crippen MR) is 51.4 cm³/mol. The molecule has 5 nitrogen and oxygen atoms in total. The summed E-state index contributed by atoms with van der Waals surface area (Å²) in [6.07, 6.45) is 2.96. The van der Waals surface area contributed by atoms with Gasteiger partial charge in [0.05, 0.1) is 24.3 Å². The van der Waals surface area contributed by atoms with Gasteiger partial charge in [-0.1, -0.05) is 0 Å². The molecule has 76 valence electrons. The van der Waals surface area contributed by atoms with Crippen LogP contribution >= 0.6 is 0 Å². The van der Waals surface area contributed by atoms with E-state index in [0.717, 1.165) is 24.4 Å². The van der Waals surface area contributed by atoms with E-state index in [9.17, 15) is 4.79 Å². The number of aromatic nitrogens is 2. The van der Waals surface area contributed by atoms with Crippen molar-refractivity contribution in [2.45, 2.75) is 19.4 Å². The second-order valence-electron chi connectivity index (χ2n) is 3.43. The Bertz CT molecular complexity index is 333. The number of amides is 1. The Morgan fingerprint density at radius 3 is 3.36 bits per heavy atom. The lowest BCUT2D eigenvalue weighted by Gasteiger charge is -2.26. The van der Waals surface area contributed by atoms with E-state index in [-0.39, 0.29) is 5.91 Å². The summed E-state index contributed by atoms with van der Waals surface area (Å²) in [5.74, 6) is 0.132. The molecule has 0 radical (unpaired) electrons. The van der Waals surface area contributed by atoms with Crippen LogP contribution in [0.5, 0.6) is 0 Å². The molecule has 0 unspecified atom stereocenters. The molecule has 2 heterocycles. The molecule has 14 heavy (non-hydrogen) atoms. The molecule has 0 spiro atoms. The fourth-order valence-corrected chi connectivity index (χ4v) is 1.71. The van der Waals surface area contributed by atoms with E-state index in [1.165, 1.54) is 0 Å². The number of imidazole rings is 1. The summed E-state index contributed by atoms with van der Waals surface area (Å²) in [6.45, 7) is 1.83. The van der Waals surface area contributed by atoms with Crippen molar-refractivity contribution in [3.8, 4) is 0 Å². The second kappa shape index (κ2) is 3.79. The van der Waals surface area contributed by atoms with E-state index in [1.807, 2.05) is 4.90 Å². The third-order valence-corrected chi connectivity index (χ3v) is 2.49. The highest BCUT2D eigenvalue weighted by molar-refractivity contribution is 5.76. The third kappa shape index (κ3) is 1.63. The third-order valence-electron chi connectivity index (χ3n) is 2.49. The first-order valence-corrected chi connectivity index (χ1v) is 4.80. The van der Waals surface area contributed by atoms with Crippen LogP contribution in [0.15, 0.2) is 6.33 Å². The van der Waals surface area contributed by atoms with Crippen LogP contribution in [0.3, 0.4) is 0 Å². The number of nitrogens with two attached hydrogens (primary N) is 1. The van der Waals surface area contributed by atoms with Crippen molar-refractivity contribution in [2.75, 3.05) is 13.1 Å². The molecular formula is C9H14N4O. The lowest BCUT2D eigenvalue weighted by atomic mass is 10.1. The van der Waals surface area contributed by atoms with Gasteiger partial charge in [0.2, 0.25) is 5.91 Å². The molecule has 0 bridgehead atoms. The zero-order chi connectivity index (χ0) is 9.97. The highest BCUT2D eigenvalue weighted by Crippen LogP contribution is 2.15. The first kappa shape index (κ1) is 9.21. The molecule has 1 aliphatic heterocycles. The number of rotatable bonds is 2. The summed E-state index contributed by atoms with van der Waals surface area (Å²) < 4.78 is 0. The Kier molecular flexibility index (Phi) is 2.49. The van der Waals surface area contributed by atoms with Crippen molar-refractivity contribution < 1.29 is 4.79 Å². The smallest absolute Gasteiger partial charge is 0.224 e. The first-order chi connectivity index (χ1) is 6.81. The highest BCUT2D eigenvalue weighted by Gasteiger charge is 2.21. The van der Waals surface area contributed by atoms with E-state index >= 15 is 0 Å². The topological polar surface area (TPSA) is 75.0 Å². The molecule has 0 saturated carbocycles. The van der Waals surface area contributed by atoms with Crippen LogP contribution in [0, 0.1) is 0 Å². The molecule has 0 fully saturated rings. The van der Waals surface area contributed by atoms with Crippen LogP contribution in [0.2, 0.25) is 0 Å². The Morgan fingerprint density at radius 1 is 1.71 bits per heavy atom. The minimum atomic E-state index is 0.132. The number of carbonyl (C=O) groups is 1. The van der Waals surface area contributed by atoms with Crippen molar-refractivity contribution in [1.82, 2.24) is 14.9 Å². The summed E-state index contributed by atoms with van der Waals surface area (Å²) in [7, 11) is 0. The van der Waals surface area contributed by atoms with Crippen LogP contribution in [-0.2, 0) is 17.8 Å². The molecule has 1 aliphatic rings. The number of nitrogens with zero attached hydrogens (tertiary/aromatic N) is 2. The molecule has 1 aromatic rings. The maximum absolute atomic E-state index is 11.5. The molecule has 0 aromatic carbocycles. The number of fused-ring (bicyclic) bond motifs is 1. The van der Waals surface area contributed by atoms with Crippen molar-refractivity contribution in [3.05, 3.63) is 17.7 Å². The predicted octanol–water partition coefficient (Wildman–Crippen LogP) is -0.357.